The number of alkyl halides is 3. The Bertz CT molecular complexity index is 382. The van der Waals surface area contributed by atoms with Gasteiger partial charge in [0.25, 0.3) is 0 Å². The van der Waals surface area contributed by atoms with E-state index in [1.165, 1.54) is 0 Å². The van der Waals surface area contributed by atoms with Gasteiger partial charge in [0, 0.05) is 5.56 Å². The number of allylic oxidation sites excluding steroid dienone is 1. The van der Waals surface area contributed by atoms with Gasteiger partial charge in [0.15, 0.2) is 5.78 Å². The van der Waals surface area contributed by atoms with Crippen molar-refractivity contribution in [1.29, 1.82) is 0 Å². The van der Waals surface area contributed by atoms with Gasteiger partial charge in [-0.2, -0.15) is 13.2 Å². The van der Waals surface area contributed by atoms with Crippen molar-refractivity contribution >= 4 is 5.78 Å². The van der Waals surface area contributed by atoms with E-state index in [4.69, 9.17) is 0 Å². The summed E-state index contributed by atoms with van der Waals surface area (Å²) in [5.74, 6) is -0.612. The first kappa shape index (κ1) is 15.2. The van der Waals surface area contributed by atoms with Gasteiger partial charge < -0.3 is 5.11 Å². The summed E-state index contributed by atoms with van der Waals surface area (Å²) in [6.07, 6.45) is -3.38. The van der Waals surface area contributed by atoms with Crippen molar-refractivity contribution in [3.8, 4) is 0 Å². The topological polar surface area (TPSA) is 40.1 Å². The molecule has 0 aliphatic heterocycles. The van der Waals surface area contributed by atoms with Crippen molar-refractivity contribution in [2.24, 2.45) is 0 Å². The van der Waals surface area contributed by atoms with Gasteiger partial charge in [-0.25, -0.2) is 0 Å². The SMILES string of the molecule is O=C(C=C[O-])c1ccc(C(F)(F)F)cc1.[Na+]. The fourth-order valence-electron chi connectivity index (χ4n) is 0.982. The minimum absolute atomic E-state index is 0. The van der Waals surface area contributed by atoms with Crippen LogP contribution in [0, 0.1) is 0 Å². The first-order valence-corrected chi connectivity index (χ1v) is 3.95. The molecule has 0 heterocycles. The minimum Gasteiger partial charge on any atom is -0.878 e. The molecule has 0 bridgehead atoms. The molecule has 6 heteroatoms. The molecule has 0 aromatic heterocycles. The molecule has 0 spiro atoms. The second-order valence-electron chi connectivity index (χ2n) is 2.74. The maximum absolute atomic E-state index is 12.1. The summed E-state index contributed by atoms with van der Waals surface area (Å²) < 4.78 is 36.4. The largest absolute Gasteiger partial charge is 1.00 e. The molecule has 0 saturated heterocycles. The maximum Gasteiger partial charge on any atom is 1.00 e. The molecule has 0 unspecified atom stereocenters. The van der Waals surface area contributed by atoms with Crippen LogP contribution in [0.15, 0.2) is 36.6 Å². The number of halogens is 3. The third-order valence-corrected chi connectivity index (χ3v) is 1.72. The molecule has 1 rings (SSSR count). The van der Waals surface area contributed by atoms with Crippen LogP contribution < -0.4 is 34.7 Å². The van der Waals surface area contributed by atoms with Gasteiger partial charge in [-0.05, 0) is 18.2 Å². The van der Waals surface area contributed by atoms with Gasteiger partial charge >= 0.3 is 35.7 Å². The van der Waals surface area contributed by atoms with Gasteiger partial charge in [0.2, 0.25) is 0 Å². The molecule has 0 fully saturated rings. The average molecular weight is 238 g/mol. The van der Waals surface area contributed by atoms with E-state index >= 15 is 0 Å². The molecular formula is C10H6F3NaO2. The molecule has 80 valence electrons. The minimum atomic E-state index is -4.42. The third-order valence-electron chi connectivity index (χ3n) is 1.72. The van der Waals surface area contributed by atoms with Gasteiger partial charge in [-0.3, -0.25) is 4.79 Å². The molecule has 0 amide bonds. The van der Waals surface area contributed by atoms with Gasteiger partial charge in [-0.15, -0.1) is 6.26 Å². The monoisotopic (exact) mass is 238 g/mol. The van der Waals surface area contributed by atoms with Crippen molar-refractivity contribution in [3.63, 3.8) is 0 Å². The Morgan fingerprint density at radius 2 is 1.69 bits per heavy atom. The Morgan fingerprint density at radius 1 is 1.19 bits per heavy atom. The zero-order chi connectivity index (χ0) is 11.5. The van der Waals surface area contributed by atoms with E-state index < -0.39 is 17.5 Å². The van der Waals surface area contributed by atoms with Crippen LogP contribution in [0.5, 0.6) is 0 Å². The van der Waals surface area contributed by atoms with E-state index in [1.54, 1.807) is 0 Å². The van der Waals surface area contributed by atoms with Crippen LogP contribution >= 0.6 is 0 Å². The Hall–Kier alpha value is -0.780. The molecule has 0 saturated carbocycles. The molecule has 0 aliphatic carbocycles. The third kappa shape index (κ3) is 4.00. The summed E-state index contributed by atoms with van der Waals surface area (Å²) in [6, 6.07) is 3.66. The van der Waals surface area contributed by atoms with Gasteiger partial charge in [-0.1, -0.05) is 12.1 Å². The number of carbonyl (C=O) groups excluding carboxylic acids is 1. The Balaban J connectivity index is 0.00000225. The summed E-state index contributed by atoms with van der Waals surface area (Å²) in [7, 11) is 0. The zero-order valence-electron chi connectivity index (χ0n) is 8.41. The van der Waals surface area contributed by atoms with E-state index in [2.05, 4.69) is 0 Å². The normalized spacial score (nSPS) is 11.2. The molecule has 16 heavy (non-hydrogen) atoms. The maximum atomic E-state index is 12.1. The van der Waals surface area contributed by atoms with Crippen LogP contribution in [0.25, 0.3) is 0 Å². The van der Waals surface area contributed by atoms with Crippen LogP contribution in [0.3, 0.4) is 0 Å². The number of rotatable bonds is 2. The quantitative estimate of drug-likeness (QED) is 0.280. The first-order valence-electron chi connectivity index (χ1n) is 3.95. The Kier molecular flexibility index (Phi) is 5.78. The van der Waals surface area contributed by atoms with Crippen LogP contribution in [-0.4, -0.2) is 5.78 Å². The molecule has 2 nitrogen and oxygen atoms in total. The van der Waals surface area contributed by atoms with Crippen LogP contribution in [0.2, 0.25) is 0 Å². The number of ketones is 1. The Labute approximate surface area is 112 Å². The molecule has 0 radical (unpaired) electrons. The van der Waals surface area contributed by atoms with Crippen molar-refractivity contribution in [2.45, 2.75) is 6.18 Å². The number of carbonyl (C=O) groups is 1. The number of hydrogen-bond acceptors (Lipinski definition) is 2. The second kappa shape index (κ2) is 6.08. The van der Waals surface area contributed by atoms with Crippen molar-refractivity contribution in [2.75, 3.05) is 0 Å². The summed E-state index contributed by atoms with van der Waals surface area (Å²) in [6.45, 7) is 0. The van der Waals surface area contributed by atoms with Gasteiger partial charge in [0.05, 0.1) is 5.56 Å². The van der Waals surface area contributed by atoms with E-state index in [0.29, 0.717) is 6.26 Å². The van der Waals surface area contributed by atoms with E-state index in [9.17, 15) is 23.1 Å². The molecule has 0 N–H and O–H groups in total. The number of benzene rings is 1. The van der Waals surface area contributed by atoms with E-state index in [0.717, 1.165) is 30.3 Å². The fraction of sp³-hybridized carbons (Fsp3) is 0.100. The predicted octanol–water partition coefficient (Wildman–Crippen LogP) is -1.23. The first-order chi connectivity index (χ1) is 6.95. The molecule has 0 aliphatic rings. The van der Waals surface area contributed by atoms with E-state index in [-0.39, 0.29) is 35.1 Å². The predicted molar refractivity (Wildman–Crippen MR) is 44.9 cm³/mol. The molecule has 1 aromatic carbocycles. The zero-order valence-corrected chi connectivity index (χ0v) is 10.4. The van der Waals surface area contributed by atoms with Crippen molar-refractivity contribution < 1.29 is 52.6 Å². The van der Waals surface area contributed by atoms with Crippen LogP contribution in [-0.2, 0) is 6.18 Å². The molecular weight excluding hydrogens is 232 g/mol. The van der Waals surface area contributed by atoms with Crippen molar-refractivity contribution in [1.82, 2.24) is 0 Å². The molecule has 0 atom stereocenters. The smallest absolute Gasteiger partial charge is 0.878 e. The Morgan fingerprint density at radius 3 is 2.06 bits per heavy atom. The van der Waals surface area contributed by atoms with Crippen molar-refractivity contribution in [3.05, 3.63) is 47.7 Å². The van der Waals surface area contributed by atoms with Gasteiger partial charge in [0.1, 0.15) is 0 Å². The summed E-state index contributed by atoms with van der Waals surface area (Å²) >= 11 is 0. The second-order valence-corrected chi connectivity index (χ2v) is 2.74. The average Bonchev–Trinajstić information content (AvgIpc) is 2.17. The van der Waals surface area contributed by atoms with Crippen LogP contribution in [0.4, 0.5) is 13.2 Å². The summed E-state index contributed by atoms with van der Waals surface area (Å²) in [4.78, 5) is 11.0. The fourth-order valence-corrected chi connectivity index (χ4v) is 0.982. The summed E-state index contributed by atoms with van der Waals surface area (Å²) in [5, 5.41) is 9.96. The summed E-state index contributed by atoms with van der Waals surface area (Å²) in [5.41, 5.74) is -0.778. The van der Waals surface area contributed by atoms with E-state index in [1.807, 2.05) is 0 Å². The van der Waals surface area contributed by atoms with Crippen LogP contribution in [0.1, 0.15) is 15.9 Å². The number of hydrogen-bond donors (Lipinski definition) is 0. The standard InChI is InChI=1S/C10H7F3O2.Na/c11-10(12,13)8-3-1-7(2-4-8)9(15)5-6-14;/h1-6,14H;/q;+1/p-1. The molecule has 1 aromatic rings.